The highest BCUT2D eigenvalue weighted by atomic mass is 31.1. The molecule has 11 heavy (non-hydrogen) atoms. The molecule has 0 N–H and O–H groups in total. The number of hydrogen-bond donors (Lipinski definition) is 0. The summed E-state index contributed by atoms with van der Waals surface area (Å²) < 4.78 is 0. The minimum Gasteiger partial charge on any atom is -0.0810 e. The molecule has 0 saturated heterocycles. The van der Waals surface area contributed by atoms with Crippen LogP contribution in [0.25, 0.3) is 0 Å². The lowest BCUT2D eigenvalue weighted by molar-refractivity contribution is 0.624. The van der Waals surface area contributed by atoms with Gasteiger partial charge < -0.3 is 0 Å². The number of rotatable bonds is 1. The predicted molar refractivity (Wildman–Crippen MR) is 53.6 cm³/mol. The third-order valence-electron chi connectivity index (χ3n) is 2.69. The molecule has 0 atom stereocenters. The van der Waals surface area contributed by atoms with E-state index in [-0.39, 0.29) is 0 Å². The minimum atomic E-state index is 1.04. The largest absolute Gasteiger partial charge is 0.0810 e. The first kappa shape index (κ1) is 9.52. The Morgan fingerprint density at radius 2 is 1.27 bits per heavy atom. The molecule has 0 aromatic heterocycles. The van der Waals surface area contributed by atoms with Crippen molar-refractivity contribution in [3.05, 3.63) is 0 Å². The van der Waals surface area contributed by atoms with Crippen LogP contribution in [-0.2, 0) is 0 Å². The smallest absolute Gasteiger partial charge is 0.0173 e. The summed E-state index contributed by atoms with van der Waals surface area (Å²) >= 11 is 0. The molecule has 65 valence electrons. The van der Waals surface area contributed by atoms with Gasteiger partial charge in [-0.2, -0.15) is 0 Å². The Labute approximate surface area is 72.9 Å². The van der Waals surface area contributed by atoms with Crippen molar-refractivity contribution in [1.29, 1.82) is 0 Å². The SMILES string of the molecule is C[P]C1CCCCCCCC1. The first-order chi connectivity index (χ1) is 5.43. The van der Waals surface area contributed by atoms with Crippen LogP contribution in [0.3, 0.4) is 0 Å². The van der Waals surface area contributed by atoms with E-state index in [1.54, 1.807) is 8.58 Å². The van der Waals surface area contributed by atoms with Gasteiger partial charge in [-0.15, -0.1) is 0 Å². The molecule has 0 aliphatic heterocycles. The van der Waals surface area contributed by atoms with Gasteiger partial charge >= 0.3 is 0 Å². The Morgan fingerprint density at radius 3 is 1.73 bits per heavy atom. The van der Waals surface area contributed by atoms with Crippen molar-refractivity contribution in [3.63, 3.8) is 0 Å². The molecule has 1 fully saturated rings. The van der Waals surface area contributed by atoms with Crippen molar-refractivity contribution in [2.75, 3.05) is 6.66 Å². The van der Waals surface area contributed by atoms with Crippen molar-refractivity contribution in [1.82, 2.24) is 0 Å². The van der Waals surface area contributed by atoms with E-state index in [0.29, 0.717) is 0 Å². The van der Waals surface area contributed by atoms with Crippen molar-refractivity contribution in [2.45, 2.75) is 57.0 Å². The van der Waals surface area contributed by atoms with E-state index < -0.39 is 0 Å². The first-order valence-electron chi connectivity index (χ1n) is 5.02. The van der Waals surface area contributed by atoms with Crippen LogP contribution in [0.4, 0.5) is 0 Å². The molecule has 1 aliphatic carbocycles. The molecule has 1 rings (SSSR count). The van der Waals surface area contributed by atoms with Crippen molar-refractivity contribution in [2.24, 2.45) is 0 Å². The van der Waals surface area contributed by atoms with E-state index in [4.69, 9.17) is 0 Å². The van der Waals surface area contributed by atoms with Crippen LogP contribution in [0, 0.1) is 0 Å². The molecule has 0 spiro atoms. The van der Waals surface area contributed by atoms with Crippen LogP contribution in [0.5, 0.6) is 0 Å². The monoisotopic (exact) mass is 171 g/mol. The summed E-state index contributed by atoms with van der Waals surface area (Å²) in [6.07, 6.45) is 12.0. The van der Waals surface area contributed by atoms with E-state index >= 15 is 0 Å². The molecule has 0 nitrogen and oxygen atoms in total. The van der Waals surface area contributed by atoms with Crippen molar-refractivity contribution >= 4 is 8.58 Å². The van der Waals surface area contributed by atoms with E-state index in [9.17, 15) is 0 Å². The summed E-state index contributed by atoms with van der Waals surface area (Å²) in [4.78, 5) is 0. The Bertz CT molecular complexity index is 80.9. The van der Waals surface area contributed by atoms with Gasteiger partial charge in [0.1, 0.15) is 0 Å². The second-order valence-electron chi connectivity index (χ2n) is 3.61. The fraction of sp³-hybridized carbons (Fsp3) is 1.00. The van der Waals surface area contributed by atoms with Crippen LogP contribution in [0.15, 0.2) is 0 Å². The minimum absolute atomic E-state index is 1.04. The highest BCUT2D eigenvalue weighted by Gasteiger charge is 2.07. The molecule has 0 heterocycles. The van der Waals surface area contributed by atoms with E-state index in [1.165, 1.54) is 51.4 Å². The molecule has 0 aromatic rings. The van der Waals surface area contributed by atoms with Gasteiger partial charge in [-0.05, 0) is 25.2 Å². The van der Waals surface area contributed by atoms with Gasteiger partial charge in [0.2, 0.25) is 0 Å². The summed E-state index contributed by atoms with van der Waals surface area (Å²) in [5.41, 5.74) is 1.04. The molecular formula is C10H20P. The maximum atomic E-state index is 2.32. The second kappa shape index (κ2) is 6.00. The highest BCUT2D eigenvalue weighted by Crippen LogP contribution is 2.27. The van der Waals surface area contributed by atoms with Gasteiger partial charge in [0.15, 0.2) is 0 Å². The van der Waals surface area contributed by atoms with E-state index in [0.717, 1.165) is 5.66 Å². The molecule has 0 unspecified atom stereocenters. The van der Waals surface area contributed by atoms with Crippen molar-refractivity contribution in [3.8, 4) is 0 Å². The molecular weight excluding hydrogens is 151 g/mol. The first-order valence-corrected chi connectivity index (χ1v) is 6.43. The molecule has 0 aromatic carbocycles. The number of hydrogen-bond acceptors (Lipinski definition) is 0. The van der Waals surface area contributed by atoms with Crippen LogP contribution < -0.4 is 0 Å². The fourth-order valence-corrected chi connectivity index (χ4v) is 2.75. The maximum absolute atomic E-state index is 2.32. The molecule has 1 saturated carbocycles. The third kappa shape index (κ3) is 4.11. The quantitative estimate of drug-likeness (QED) is 0.522. The molecule has 0 amide bonds. The zero-order chi connectivity index (χ0) is 7.94. The topological polar surface area (TPSA) is 0 Å². The zero-order valence-electron chi connectivity index (χ0n) is 7.68. The molecule has 0 bridgehead atoms. The van der Waals surface area contributed by atoms with Gasteiger partial charge in [0, 0.05) is 0 Å². The van der Waals surface area contributed by atoms with Gasteiger partial charge in [0.25, 0.3) is 0 Å². The normalized spacial score (nSPS) is 24.8. The average molecular weight is 171 g/mol. The molecule has 1 radical (unpaired) electrons. The van der Waals surface area contributed by atoms with Crippen LogP contribution in [0.2, 0.25) is 0 Å². The summed E-state index contributed by atoms with van der Waals surface area (Å²) in [5.74, 6) is 0. The third-order valence-corrected chi connectivity index (χ3v) is 3.94. The van der Waals surface area contributed by atoms with E-state index in [2.05, 4.69) is 6.66 Å². The van der Waals surface area contributed by atoms with Gasteiger partial charge in [0.05, 0.1) is 0 Å². The Hall–Kier alpha value is 0.430. The van der Waals surface area contributed by atoms with E-state index in [1.807, 2.05) is 0 Å². The standard InChI is InChI=1S/C10H20P/c1-11-10-8-6-4-2-3-5-7-9-10/h10H,2-9H2,1H3. The molecule has 1 heteroatoms. The summed E-state index contributed by atoms with van der Waals surface area (Å²) in [6, 6.07) is 0. The van der Waals surface area contributed by atoms with Gasteiger partial charge in [-0.3, -0.25) is 0 Å². The lowest BCUT2D eigenvalue weighted by atomic mass is 10.1. The van der Waals surface area contributed by atoms with Gasteiger partial charge in [-0.1, -0.05) is 47.1 Å². The van der Waals surface area contributed by atoms with Crippen molar-refractivity contribution < 1.29 is 0 Å². The predicted octanol–water partition coefficient (Wildman–Crippen LogP) is 4.07. The van der Waals surface area contributed by atoms with Crippen LogP contribution in [0.1, 0.15) is 51.4 Å². The van der Waals surface area contributed by atoms with Crippen LogP contribution >= 0.6 is 8.58 Å². The van der Waals surface area contributed by atoms with Crippen LogP contribution in [-0.4, -0.2) is 12.3 Å². The maximum Gasteiger partial charge on any atom is -0.0173 e. The Morgan fingerprint density at radius 1 is 0.818 bits per heavy atom. The summed E-state index contributed by atoms with van der Waals surface area (Å²) in [6.45, 7) is 2.32. The summed E-state index contributed by atoms with van der Waals surface area (Å²) in [5, 5.41) is 0. The average Bonchev–Trinajstić information content (AvgIpc) is 2.16. The Balaban J connectivity index is 2.19. The lowest BCUT2D eigenvalue weighted by Gasteiger charge is -2.11. The fourth-order valence-electron chi connectivity index (χ4n) is 1.87. The summed E-state index contributed by atoms with van der Waals surface area (Å²) in [7, 11) is 1.64. The molecule has 1 aliphatic rings. The second-order valence-corrected chi connectivity index (χ2v) is 4.86. The lowest BCUT2D eigenvalue weighted by Crippen LogP contribution is -1.98. The Kier molecular flexibility index (Phi) is 5.19. The zero-order valence-corrected chi connectivity index (χ0v) is 8.58. The highest BCUT2D eigenvalue weighted by molar-refractivity contribution is 7.37. The van der Waals surface area contributed by atoms with Gasteiger partial charge in [-0.25, -0.2) is 0 Å².